The van der Waals surface area contributed by atoms with Crippen LogP contribution in [0.3, 0.4) is 0 Å². The molecule has 2 aliphatic carbocycles. The summed E-state index contributed by atoms with van der Waals surface area (Å²) in [7, 11) is 0. The molecule has 0 amide bonds. The van der Waals surface area contributed by atoms with Gasteiger partial charge in [-0.15, -0.1) is 0 Å². The first-order valence-electron chi connectivity index (χ1n) is 18.0. The summed E-state index contributed by atoms with van der Waals surface area (Å²) < 4.78 is 30.7. The maximum absolute atomic E-state index is 11.4. The smallest absolute Gasteiger partial charge is 0.306 e. The zero-order chi connectivity index (χ0) is 34.5. The van der Waals surface area contributed by atoms with Gasteiger partial charge in [-0.1, -0.05) is 0 Å². The van der Waals surface area contributed by atoms with E-state index in [-0.39, 0.29) is 18.1 Å². The second-order valence-electron chi connectivity index (χ2n) is 14.0. The van der Waals surface area contributed by atoms with Gasteiger partial charge in [0.25, 0.3) is 0 Å². The number of hydrogen-bond acceptors (Lipinski definition) is 8. The lowest BCUT2D eigenvalue weighted by atomic mass is 9.82. The lowest BCUT2D eigenvalue weighted by Crippen LogP contribution is -2.24. The third-order valence-corrected chi connectivity index (χ3v) is 10.5. The van der Waals surface area contributed by atoms with E-state index < -0.39 is 11.9 Å². The van der Waals surface area contributed by atoms with Crippen LogP contribution < -0.4 is 18.9 Å². The molecule has 1 aliphatic heterocycles. The molecule has 3 fully saturated rings. The van der Waals surface area contributed by atoms with Crippen molar-refractivity contribution in [3.63, 3.8) is 0 Å². The van der Waals surface area contributed by atoms with Crippen LogP contribution in [0.15, 0.2) is 60.7 Å². The van der Waals surface area contributed by atoms with E-state index in [1.165, 1.54) is 0 Å². The van der Waals surface area contributed by atoms with Crippen LogP contribution in [-0.4, -0.2) is 53.2 Å². The molecular formula is C40H45NO9. The Morgan fingerprint density at radius 3 is 1.78 bits per heavy atom. The number of ether oxygens (including phenoxy) is 5. The van der Waals surface area contributed by atoms with Crippen LogP contribution in [0.4, 0.5) is 0 Å². The SMILES string of the molecule is O=C(O)C1CCC(COc2ccc3c(c2)nc(Oc2ccc(OC4CCCCO4)cc2)c2cc(OCC4CCC(C(=O)O)CC4)ccc23)CC1. The van der Waals surface area contributed by atoms with E-state index in [0.29, 0.717) is 86.2 Å². The summed E-state index contributed by atoms with van der Waals surface area (Å²) >= 11 is 0. The van der Waals surface area contributed by atoms with Crippen LogP contribution in [0.1, 0.15) is 70.6 Å². The minimum atomic E-state index is -0.704. The number of rotatable bonds is 12. The minimum Gasteiger partial charge on any atom is -0.493 e. The molecule has 2 saturated carbocycles. The van der Waals surface area contributed by atoms with Crippen molar-refractivity contribution in [1.29, 1.82) is 0 Å². The highest BCUT2D eigenvalue weighted by Gasteiger charge is 2.27. The topological polar surface area (TPSA) is 134 Å². The number of carboxylic acids is 2. The van der Waals surface area contributed by atoms with E-state index in [1.807, 2.05) is 60.7 Å². The van der Waals surface area contributed by atoms with Gasteiger partial charge in [0.2, 0.25) is 5.88 Å². The van der Waals surface area contributed by atoms with Crippen LogP contribution >= 0.6 is 0 Å². The van der Waals surface area contributed by atoms with Crippen LogP contribution in [0.2, 0.25) is 0 Å². The lowest BCUT2D eigenvalue weighted by Gasteiger charge is -2.26. The van der Waals surface area contributed by atoms with Gasteiger partial charge in [0.15, 0.2) is 6.29 Å². The zero-order valence-corrected chi connectivity index (χ0v) is 28.3. The Hall–Kier alpha value is -4.57. The van der Waals surface area contributed by atoms with Gasteiger partial charge in [0.1, 0.15) is 23.0 Å². The molecule has 3 aliphatic rings. The van der Waals surface area contributed by atoms with Gasteiger partial charge < -0.3 is 33.9 Å². The number of carboxylic acid groups (broad SMARTS) is 2. The van der Waals surface area contributed by atoms with Crippen molar-refractivity contribution < 1.29 is 43.5 Å². The van der Waals surface area contributed by atoms with Crippen molar-refractivity contribution in [3.8, 4) is 28.9 Å². The molecule has 264 valence electrons. The van der Waals surface area contributed by atoms with Crippen molar-refractivity contribution in [1.82, 2.24) is 4.98 Å². The first-order valence-corrected chi connectivity index (χ1v) is 18.0. The van der Waals surface area contributed by atoms with Crippen molar-refractivity contribution in [3.05, 3.63) is 60.7 Å². The molecular weight excluding hydrogens is 638 g/mol. The summed E-state index contributed by atoms with van der Waals surface area (Å²) in [5.74, 6) is 1.92. The largest absolute Gasteiger partial charge is 0.493 e. The Labute approximate surface area is 291 Å². The van der Waals surface area contributed by atoms with Crippen molar-refractivity contribution in [2.75, 3.05) is 19.8 Å². The van der Waals surface area contributed by atoms with Crippen molar-refractivity contribution in [2.45, 2.75) is 76.9 Å². The number of hydrogen-bond donors (Lipinski definition) is 2. The van der Waals surface area contributed by atoms with E-state index in [0.717, 1.165) is 66.6 Å². The maximum Gasteiger partial charge on any atom is 0.306 e. The number of aliphatic carboxylic acids is 2. The van der Waals surface area contributed by atoms with Gasteiger partial charge in [-0.2, -0.15) is 0 Å². The zero-order valence-electron chi connectivity index (χ0n) is 28.3. The molecule has 0 radical (unpaired) electrons. The molecule has 1 saturated heterocycles. The fraction of sp³-hybridized carbons (Fsp3) is 0.475. The molecule has 1 unspecified atom stereocenters. The number of benzene rings is 3. The van der Waals surface area contributed by atoms with Crippen LogP contribution in [0.5, 0.6) is 28.9 Å². The van der Waals surface area contributed by atoms with Gasteiger partial charge >= 0.3 is 11.9 Å². The quantitative estimate of drug-likeness (QED) is 0.140. The van der Waals surface area contributed by atoms with Gasteiger partial charge in [0, 0.05) is 23.3 Å². The normalized spacial score (nSPS) is 24.0. The van der Waals surface area contributed by atoms with Gasteiger partial charge in [0.05, 0.1) is 37.2 Å². The number of aromatic nitrogens is 1. The summed E-state index contributed by atoms with van der Waals surface area (Å²) in [5, 5.41) is 21.4. The fourth-order valence-electron chi connectivity index (χ4n) is 7.43. The first-order chi connectivity index (χ1) is 24.4. The molecule has 50 heavy (non-hydrogen) atoms. The lowest BCUT2D eigenvalue weighted by molar-refractivity contribution is -0.144. The summed E-state index contributed by atoms with van der Waals surface area (Å²) in [6.07, 6.45) is 8.90. The predicted molar refractivity (Wildman–Crippen MR) is 187 cm³/mol. The summed E-state index contributed by atoms with van der Waals surface area (Å²) in [6.45, 7) is 1.78. The average molecular weight is 684 g/mol. The molecule has 4 aromatic rings. The maximum atomic E-state index is 11.4. The number of carbonyl (C=O) groups is 2. The Morgan fingerprint density at radius 2 is 1.20 bits per heavy atom. The summed E-state index contributed by atoms with van der Waals surface area (Å²) in [5.41, 5.74) is 0.734. The standard InChI is InChI=1S/C40H45NO9/c42-39(43)27-8-4-25(5-9-27)23-47-31-16-18-33-34-19-17-32(48-24-26-6-10-28(11-7-26)40(44)45)22-36(34)41-38(35(33)21-31)50-30-14-12-29(13-15-30)49-37-3-1-2-20-46-37/h12-19,21-22,25-28,37H,1-11,20,23-24H2,(H,42,43)(H,44,45). The van der Waals surface area contributed by atoms with Gasteiger partial charge in [-0.25, -0.2) is 4.98 Å². The van der Waals surface area contributed by atoms with E-state index >= 15 is 0 Å². The third kappa shape index (κ3) is 8.24. The Kier molecular flexibility index (Phi) is 10.5. The molecule has 0 bridgehead atoms. The molecule has 2 heterocycles. The molecule has 7 rings (SSSR count). The van der Waals surface area contributed by atoms with E-state index in [9.17, 15) is 19.8 Å². The Morgan fingerprint density at radius 1 is 0.640 bits per heavy atom. The average Bonchev–Trinajstić information content (AvgIpc) is 3.14. The number of fused-ring (bicyclic) bond motifs is 3. The highest BCUT2D eigenvalue weighted by atomic mass is 16.7. The molecule has 2 N–H and O–H groups in total. The number of pyridine rings is 1. The highest BCUT2D eigenvalue weighted by Crippen LogP contribution is 2.38. The van der Waals surface area contributed by atoms with Crippen LogP contribution in [0, 0.1) is 23.7 Å². The third-order valence-electron chi connectivity index (χ3n) is 10.5. The Balaban J connectivity index is 1.11. The van der Waals surface area contributed by atoms with Crippen LogP contribution in [-0.2, 0) is 14.3 Å². The molecule has 10 nitrogen and oxygen atoms in total. The molecule has 0 spiro atoms. The monoisotopic (exact) mass is 683 g/mol. The molecule has 10 heteroatoms. The minimum absolute atomic E-state index is 0.233. The van der Waals surface area contributed by atoms with Crippen LogP contribution in [0.25, 0.3) is 21.7 Å². The second-order valence-corrected chi connectivity index (χ2v) is 14.0. The van der Waals surface area contributed by atoms with Crippen molar-refractivity contribution in [2.24, 2.45) is 23.7 Å². The van der Waals surface area contributed by atoms with E-state index in [4.69, 9.17) is 28.7 Å². The second kappa shape index (κ2) is 15.5. The molecule has 3 aromatic carbocycles. The summed E-state index contributed by atoms with van der Waals surface area (Å²) in [4.78, 5) is 27.7. The number of nitrogens with zero attached hydrogens (tertiary/aromatic N) is 1. The summed E-state index contributed by atoms with van der Waals surface area (Å²) in [6, 6.07) is 19.4. The van der Waals surface area contributed by atoms with Crippen molar-refractivity contribution >= 4 is 33.6 Å². The van der Waals surface area contributed by atoms with E-state index in [1.54, 1.807) is 0 Å². The Bertz CT molecular complexity index is 1790. The van der Waals surface area contributed by atoms with E-state index in [2.05, 4.69) is 0 Å². The van der Waals surface area contributed by atoms with Gasteiger partial charge in [-0.05, 0) is 136 Å². The molecule has 1 atom stereocenters. The fourth-order valence-corrected chi connectivity index (χ4v) is 7.43. The highest BCUT2D eigenvalue weighted by molar-refractivity contribution is 6.08. The van der Waals surface area contributed by atoms with Gasteiger partial charge in [-0.3, -0.25) is 9.59 Å². The predicted octanol–water partition coefficient (Wildman–Crippen LogP) is 8.63. The first kappa shape index (κ1) is 33.9. The molecule has 1 aromatic heterocycles.